The second-order valence-corrected chi connectivity index (χ2v) is 5.07. The molecular weight excluding hydrogens is 234 g/mol. The van der Waals surface area contributed by atoms with Gasteiger partial charge in [0.25, 0.3) is 0 Å². The lowest BCUT2D eigenvalue weighted by molar-refractivity contribution is 0.307. The third-order valence-corrected chi connectivity index (χ3v) is 3.54. The van der Waals surface area contributed by atoms with Crippen molar-refractivity contribution in [3.05, 3.63) is 28.5 Å². The average Bonchev–Trinajstić information content (AvgIpc) is 2.86. The molecular formula is C11H17N5S. The number of thiazole rings is 1. The van der Waals surface area contributed by atoms with E-state index >= 15 is 0 Å². The van der Waals surface area contributed by atoms with Gasteiger partial charge in [-0.05, 0) is 14.0 Å². The molecule has 0 atom stereocenters. The summed E-state index contributed by atoms with van der Waals surface area (Å²) >= 11 is 1.71. The van der Waals surface area contributed by atoms with Gasteiger partial charge < -0.3 is 5.73 Å². The zero-order chi connectivity index (χ0) is 12.3. The smallest absolute Gasteiger partial charge is 0.0798 e. The Hall–Kier alpha value is -1.40. The fourth-order valence-corrected chi connectivity index (χ4v) is 2.43. The van der Waals surface area contributed by atoms with Crippen LogP contribution < -0.4 is 5.73 Å². The van der Waals surface area contributed by atoms with Crippen molar-refractivity contribution >= 4 is 17.0 Å². The van der Waals surface area contributed by atoms with E-state index in [2.05, 4.69) is 22.0 Å². The highest BCUT2D eigenvalue weighted by Gasteiger charge is 2.05. The fourth-order valence-electron chi connectivity index (χ4n) is 1.58. The predicted octanol–water partition coefficient (Wildman–Crippen LogP) is 1.36. The lowest BCUT2D eigenvalue weighted by atomic mass is 10.3. The van der Waals surface area contributed by atoms with Gasteiger partial charge in [0.15, 0.2) is 0 Å². The number of likely N-dealkylation sites (N-methyl/N-ethyl adjacent to an activating group) is 1. The van der Waals surface area contributed by atoms with E-state index in [1.54, 1.807) is 17.5 Å². The van der Waals surface area contributed by atoms with Crippen molar-refractivity contribution in [3.63, 3.8) is 0 Å². The monoisotopic (exact) mass is 251 g/mol. The van der Waals surface area contributed by atoms with Crippen molar-refractivity contribution in [3.8, 4) is 0 Å². The number of rotatable bonds is 5. The van der Waals surface area contributed by atoms with E-state index in [-0.39, 0.29) is 0 Å². The highest BCUT2D eigenvalue weighted by atomic mass is 32.1. The molecule has 2 N–H and O–H groups in total. The van der Waals surface area contributed by atoms with Crippen LogP contribution in [0.3, 0.4) is 0 Å². The summed E-state index contributed by atoms with van der Waals surface area (Å²) in [6, 6.07) is 0. The largest absolute Gasteiger partial charge is 0.396 e. The van der Waals surface area contributed by atoms with Gasteiger partial charge in [-0.15, -0.1) is 11.3 Å². The molecule has 0 aliphatic rings. The molecule has 6 heteroatoms. The lowest BCUT2D eigenvalue weighted by Crippen LogP contribution is -2.23. The van der Waals surface area contributed by atoms with E-state index in [9.17, 15) is 0 Å². The molecule has 0 bridgehead atoms. The molecule has 0 amide bonds. The maximum absolute atomic E-state index is 5.61. The first-order valence-corrected chi connectivity index (χ1v) is 6.38. The summed E-state index contributed by atoms with van der Waals surface area (Å²) < 4.78 is 1.87. The number of hydrogen-bond donors (Lipinski definition) is 1. The Labute approximate surface area is 105 Å². The number of nitrogens with two attached hydrogens (primary N) is 1. The van der Waals surface area contributed by atoms with Crippen LogP contribution in [0.2, 0.25) is 0 Å². The van der Waals surface area contributed by atoms with Gasteiger partial charge in [0.2, 0.25) is 0 Å². The zero-order valence-electron chi connectivity index (χ0n) is 10.1. The molecule has 0 unspecified atom stereocenters. The Morgan fingerprint density at radius 2 is 2.35 bits per heavy atom. The highest BCUT2D eigenvalue weighted by Crippen LogP contribution is 2.13. The highest BCUT2D eigenvalue weighted by molar-refractivity contribution is 7.09. The number of anilines is 1. The van der Waals surface area contributed by atoms with Crippen LogP contribution in [0.1, 0.15) is 10.6 Å². The summed E-state index contributed by atoms with van der Waals surface area (Å²) in [6.07, 6.45) is 3.53. The van der Waals surface area contributed by atoms with Crippen LogP contribution >= 0.6 is 11.3 Å². The van der Waals surface area contributed by atoms with Crippen molar-refractivity contribution in [2.24, 2.45) is 0 Å². The van der Waals surface area contributed by atoms with Crippen LogP contribution in [0, 0.1) is 6.92 Å². The van der Waals surface area contributed by atoms with E-state index in [0.717, 1.165) is 25.3 Å². The van der Waals surface area contributed by atoms with Gasteiger partial charge in [0.05, 0.1) is 29.6 Å². The van der Waals surface area contributed by atoms with Crippen LogP contribution in [-0.4, -0.2) is 33.3 Å². The third kappa shape index (κ3) is 3.28. The number of aromatic nitrogens is 3. The summed E-state index contributed by atoms with van der Waals surface area (Å²) in [5.74, 6) is 0. The molecule has 92 valence electrons. The number of aryl methyl sites for hydroxylation is 1. The van der Waals surface area contributed by atoms with E-state index in [1.807, 2.05) is 23.3 Å². The molecule has 0 fully saturated rings. The minimum atomic E-state index is 0.714. The van der Waals surface area contributed by atoms with Crippen molar-refractivity contribution in [2.75, 3.05) is 19.3 Å². The normalized spacial score (nSPS) is 11.2. The van der Waals surface area contributed by atoms with Gasteiger partial charge in [0, 0.05) is 24.2 Å². The van der Waals surface area contributed by atoms with E-state index in [1.165, 1.54) is 4.88 Å². The lowest BCUT2D eigenvalue weighted by Gasteiger charge is -2.15. The van der Waals surface area contributed by atoms with Gasteiger partial charge in [-0.1, -0.05) is 0 Å². The topological polar surface area (TPSA) is 60.0 Å². The molecule has 0 saturated heterocycles. The maximum Gasteiger partial charge on any atom is 0.0798 e. The standard InChI is InChI=1S/C11H17N5S/c1-9-11(17-8-13-9)7-15(2)3-4-16-6-10(12)5-14-16/h5-6,8H,3-4,7,12H2,1-2H3. The summed E-state index contributed by atoms with van der Waals surface area (Å²) in [5, 5.41) is 4.16. The van der Waals surface area contributed by atoms with Crippen molar-refractivity contribution in [1.29, 1.82) is 0 Å². The molecule has 0 spiro atoms. The molecule has 2 aromatic heterocycles. The van der Waals surface area contributed by atoms with Gasteiger partial charge in [-0.3, -0.25) is 9.58 Å². The first kappa shape index (κ1) is 12.1. The molecule has 0 aliphatic carbocycles. The number of hydrogen-bond acceptors (Lipinski definition) is 5. The first-order chi connectivity index (χ1) is 8.15. The fraction of sp³-hybridized carbons (Fsp3) is 0.455. The van der Waals surface area contributed by atoms with Crippen LogP contribution in [0.4, 0.5) is 5.69 Å². The molecule has 0 saturated carbocycles. The summed E-state index contributed by atoms with van der Waals surface area (Å²) in [4.78, 5) is 7.84. The predicted molar refractivity (Wildman–Crippen MR) is 69.8 cm³/mol. The quantitative estimate of drug-likeness (QED) is 0.871. The molecule has 2 rings (SSSR count). The Balaban J connectivity index is 1.82. The van der Waals surface area contributed by atoms with Gasteiger partial charge in [-0.2, -0.15) is 5.10 Å². The molecule has 17 heavy (non-hydrogen) atoms. The van der Waals surface area contributed by atoms with Crippen molar-refractivity contribution in [1.82, 2.24) is 19.7 Å². The van der Waals surface area contributed by atoms with Gasteiger partial charge in [0.1, 0.15) is 0 Å². The van der Waals surface area contributed by atoms with Crippen molar-refractivity contribution in [2.45, 2.75) is 20.0 Å². The Morgan fingerprint density at radius 3 is 2.94 bits per heavy atom. The first-order valence-electron chi connectivity index (χ1n) is 5.50. The molecule has 2 heterocycles. The maximum atomic E-state index is 5.61. The minimum Gasteiger partial charge on any atom is -0.396 e. The Morgan fingerprint density at radius 1 is 1.53 bits per heavy atom. The van der Waals surface area contributed by atoms with Gasteiger partial charge in [-0.25, -0.2) is 4.98 Å². The molecule has 0 aromatic carbocycles. The summed E-state index contributed by atoms with van der Waals surface area (Å²) in [7, 11) is 2.10. The molecule has 5 nitrogen and oxygen atoms in total. The second kappa shape index (κ2) is 5.29. The van der Waals surface area contributed by atoms with E-state index in [0.29, 0.717) is 5.69 Å². The van der Waals surface area contributed by atoms with Crippen LogP contribution in [0.25, 0.3) is 0 Å². The SMILES string of the molecule is Cc1ncsc1CN(C)CCn1cc(N)cn1. The van der Waals surface area contributed by atoms with E-state index < -0.39 is 0 Å². The Bertz CT molecular complexity index is 476. The van der Waals surface area contributed by atoms with E-state index in [4.69, 9.17) is 5.73 Å². The zero-order valence-corrected chi connectivity index (χ0v) is 10.9. The van der Waals surface area contributed by atoms with Crippen LogP contribution in [-0.2, 0) is 13.1 Å². The molecule has 2 aromatic rings. The minimum absolute atomic E-state index is 0.714. The van der Waals surface area contributed by atoms with Crippen LogP contribution in [0.15, 0.2) is 17.9 Å². The summed E-state index contributed by atoms with van der Waals surface area (Å²) in [6.45, 7) is 4.78. The van der Waals surface area contributed by atoms with Gasteiger partial charge >= 0.3 is 0 Å². The summed E-state index contributed by atoms with van der Waals surface area (Å²) in [5.41, 5.74) is 9.35. The number of nitrogen functional groups attached to an aromatic ring is 1. The Kier molecular flexibility index (Phi) is 3.75. The second-order valence-electron chi connectivity index (χ2n) is 4.14. The number of nitrogens with zero attached hydrogens (tertiary/aromatic N) is 4. The average molecular weight is 251 g/mol. The van der Waals surface area contributed by atoms with Crippen LogP contribution in [0.5, 0.6) is 0 Å². The molecule has 0 radical (unpaired) electrons. The third-order valence-electron chi connectivity index (χ3n) is 2.62. The van der Waals surface area contributed by atoms with Crippen molar-refractivity contribution < 1.29 is 0 Å². The molecule has 0 aliphatic heterocycles.